The molecule has 0 aliphatic heterocycles. The maximum atomic E-state index is 6.21. The Balaban J connectivity index is 2.07. The van der Waals surface area contributed by atoms with E-state index >= 15 is 0 Å². The van der Waals surface area contributed by atoms with Crippen LogP contribution in [0.3, 0.4) is 0 Å². The quantitative estimate of drug-likeness (QED) is 0.550. The maximum Gasteiger partial charge on any atom is 0.137 e. The fourth-order valence-electron chi connectivity index (χ4n) is 3.25. The number of nitrogens with zero attached hydrogens (tertiary/aromatic N) is 2. The first-order chi connectivity index (χ1) is 13.6. The number of likely N-dealkylation sites (N-methyl/N-ethyl adjacent to an activating group) is 1. The third-order valence-corrected chi connectivity index (χ3v) is 4.95. The van der Waals surface area contributed by atoms with Crippen molar-refractivity contribution in [3.05, 3.63) is 59.5 Å². The van der Waals surface area contributed by atoms with Crippen LogP contribution in [0.4, 0.5) is 0 Å². The lowest BCUT2D eigenvalue weighted by atomic mass is 10.1. The van der Waals surface area contributed by atoms with E-state index in [2.05, 4.69) is 49.9 Å². The highest BCUT2D eigenvalue weighted by atomic mass is 16.5. The monoisotopic (exact) mass is 378 g/mol. The van der Waals surface area contributed by atoms with Gasteiger partial charge in [0.05, 0.1) is 18.5 Å². The number of rotatable bonds is 8. The zero-order chi connectivity index (χ0) is 19.9. The molecule has 0 aliphatic carbocycles. The molecule has 28 heavy (non-hydrogen) atoms. The van der Waals surface area contributed by atoms with Gasteiger partial charge in [-0.2, -0.15) is 0 Å². The van der Waals surface area contributed by atoms with Crippen LogP contribution in [0.25, 0.3) is 22.3 Å². The van der Waals surface area contributed by atoms with E-state index in [9.17, 15) is 0 Å². The fraction of sp³-hybridized carbons (Fsp3) is 0.375. The summed E-state index contributed by atoms with van der Waals surface area (Å²) in [7, 11) is 0. The van der Waals surface area contributed by atoms with Crippen molar-refractivity contribution in [2.24, 2.45) is 4.99 Å². The van der Waals surface area contributed by atoms with E-state index in [-0.39, 0.29) is 0 Å². The first-order valence-electron chi connectivity index (χ1n) is 10.1. The number of aryl methyl sites for hydroxylation is 1. The molecule has 0 saturated carbocycles. The summed E-state index contributed by atoms with van der Waals surface area (Å²) in [6.45, 7) is 12.9. The van der Waals surface area contributed by atoms with E-state index in [0.717, 1.165) is 59.6 Å². The molecule has 3 aromatic rings. The standard InChI is InChI=1S/C24H30N2O2/c1-5-26(6-2)15-14-25-22-17-24(19-10-8-18(4)9-11-19)28-23-13-12-20(27-7-3)16-21(22)23/h8-13,16-17H,5-7,14-15H2,1-4H3. The number of benzene rings is 2. The summed E-state index contributed by atoms with van der Waals surface area (Å²) in [5.74, 6) is 1.67. The summed E-state index contributed by atoms with van der Waals surface area (Å²) in [4.78, 5) is 7.30. The minimum atomic E-state index is 0.637. The summed E-state index contributed by atoms with van der Waals surface area (Å²) in [6, 6.07) is 16.4. The number of hydrogen-bond donors (Lipinski definition) is 0. The Kier molecular flexibility index (Phi) is 6.88. The molecule has 0 N–H and O–H groups in total. The van der Waals surface area contributed by atoms with Gasteiger partial charge in [0.2, 0.25) is 0 Å². The Labute approximate surface area is 167 Å². The van der Waals surface area contributed by atoms with Crippen molar-refractivity contribution in [2.75, 3.05) is 32.8 Å². The Hall–Kier alpha value is -2.59. The number of hydrogen-bond acceptors (Lipinski definition) is 4. The van der Waals surface area contributed by atoms with Crippen LogP contribution in [-0.2, 0) is 0 Å². The van der Waals surface area contributed by atoms with Crippen LogP contribution >= 0.6 is 0 Å². The normalized spacial score (nSPS) is 12.1. The molecular formula is C24H30N2O2. The van der Waals surface area contributed by atoms with Crippen molar-refractivity contribution in [1.29, 1.82) is 0 Å². The summed E-state index contributed by atoms with van der Waals surface area (Å²) in [6.07, 6.45) is 0. The molecule has 0 spiro atoms. The smallest absolute Gasteiger partial charge is 0.137 e. The molecule has 2 aromatic carbocycles. The molecule has 0 aliphatic rings. The number of fused-ring (bicyclic) bond motifs is 1. The van der Waals surface area contributed by atoms with Gasteiger partial charge in [0.15, 0.2) is 0 Å². The van der Waals surface area contributed by atoms with Gasteiger partial charge >= 0.3 is 0 Å². The van der Waals surface area contributed by atoms with Crippen molar-refractivity contribution >= 4 is 11.0 Å². The van der Waals surface area contributed by atoms with Gasteiger partial charge in [-0.15, -0.1) is 0 Å². The Morgan fingerprint density at radius 3 is 2.39 bits per heavy atom. The SMILES string of the molecule is CCOc1ccc2oc(-c3ccc(C)cc3)cc(=NCCN(CC)CC)c2c1. The van der Waals surface area contributed by atoms with E-state index in [1.54, 1.807) is 0 Å². The van der Waals surface area contributed by atoms with E-state index < -0.39 is 0 Å². The Morgan fingerprint density at radius 1 is 0.964 bits per heavy atom. The van der Waals surface area contributed by atoms with Gasteiger partial charge < -0.3 is 14.1 Å². The summed E-state index contributed by atoms with van der Waals surface area (Å²) in [5.41, 5.74) is 3.11. The average Bonchev–Trinajstić information content (AvgIpc) is 2.72. The van der Waals surface area contributed by atoms with Crippen molar-refractivity contribution in [2.45, 2.75) is 27.7 Å². The maximum absolute atomic E-state index is 6.21. The second-order valence-electron chi connectivity index (χ2n) is 6.86. The van der Waals surface area contributed by atoms with Crippen LogP contribution in [0.1, 0.15) is 26.3 Å². The predicted molar refractivity (Wildman–Crippen MR) is 116 cm³/mol. The molecule has 148 valence electrons. The van der Waals surface area contributed by atoms with Crippen LogP contribution in [0, 0.1) is 6.92 Å². The molecule has 0 bridgehead atoms. The molecule has 0 unspecified atom stereocenters. The molecule has 0 amide bonds. The first-order valence-corrected chi connectivity index (χ1v) is 10.1. The lowest BCUT2D eigenvalue weighted by molar-refractivity contribution is 0.312. The highest BCUT2D eigenvalue weighted by Gasteiger charge is 2.08. The largest absolute Gasteiger partial charge is 0.494 e. The highest BCUT2D eigenvalue weighted by molar-refractivity contribution is 5.80. The van der Waals surface area contributed by atoms with Crippen LogP contribution in [0.15, 0.2) is 57.9 Å². The summed E-state index contributed by atoms with van der Waals surface area (Å²) in [5, 5.41) is 1.94. The fourth-order valence-corrected chi connectivity index (χ4v) is 3.25. The van der Waals surface area contributed by atoms with E-state index in [1.807, 2.05) is 31.2 Å². The topological polar surface area (TPSA) is 38.0 Å². The van der Waals surface area contributed by atoms with Gasteiger partial charge in [-0.05, 0) is 45.1 Å². The minimum Gasteiger partial charge on any atom is -0.494 e. The van der Waals surface area contributed by atoms with Crippen molar-refractivity contribution in [3.63, 3.8) is 0 Å². The van der Waals surface area contributed by atoms with Crippen LogP contribution in [0.2, 0.25) is 0 Å². The van der Waals surface area contributed by atoms with Gasteiger partial charge in [-0.25, -0.2) is 0 Å². The second kappa shape index (κ2) is 9.56. The molecule has 3 rings (SSSR count). The molecule has 4 nitrogen and oxygen atoms in total. The average molecular weight is 379 g/mol. The van der Waals surface area contributed by atoms with Gasteiger partial charge in [0.25, 0.3) is 0 Å². The first kappa shape index (κ1) is 20.2. The Morgan fingerprint density at radius 2 is 1.71 bits per heavy atom. The third kappa shape index (κ3) is 4.82. The second-order valence-corrected chi connectivity index (χ2v) is 6.86. The van der Waals surface area contributed by atoms with Crippen LogP contribution < -0.4 is 10.1 Å². The van der Waals surface area contributed by atoms with Gasteiger partial charge in [0.1, 0.15) is 17.1 Å². The molecule has 4 heteroatoms. The third-order valence-electron chi connectivity index (χ3n) is 4.95. The highest BCUT2D eigenvalue weighted by Crippen LogP contribution is 2.25. The zero-order valence-electron chi connectivity index (χ0n) is 17.4. The molecule has 0 saturated heterocycles. The molecular weight excluding hydrogens is 348 g/mol. The lowest BCUT2D eigenvalue weighted by Crippen LogP contribution is -2.26. The molecule has 0 fully saturated rings. The number of ether oxygens (including phenoxy) is 1. The van der Waals surface area contributed by atoms with Gasteiger partial charge in [-0.3, -0.25) is 4.99 Å². The van der Waals surface area contributed by atoms with Crippen molar-refractivity contribution in [3.8, 4) is 17.1 Å². The zero-order valence-corrected chi connectivity index (χ0v) is 17.4. The van der Waals surface area contributed by atoms with Crippen molar-refractivity contribution in [1.82, 2.24) is 4.90 Å². The summed E-state index contributed by atoms with van der Waals surface area (Å²) < 4.78 is 11.9. The van der Waals surface area contributed by atoms with Gasteiger partial charge in [0, 0.05) is 23.6 Å². The van der Waals surface area contributed by atoms with Crippen LogP contribution in [-0.4, -0.2) is 37.7 Å². The lowest BCUT2D eigenvalue weighted by Gasteiger charge is -2.16. The van der Waals surface area contributed by atoms with Crippen molar-refractivity contribution < 1.29 is 9.15 Å². The summed E-state index contributed by atoms with van der Waals surface area (Å²) >= 11 is 0. The minimum absolute atomic E-state index is 0.637. The predicted octanol–water partition coefficient (Wildman–Crippen LogP) is 5.05. The molecule has 0 radical (unpaired) electrons. The molecule has 0 atom stereocenters. The van der Waals surface area contributed by atoms with Gasteiger partial charge in [-0.1, -0.05) is 43.7 Å². The van der Waals surface area contributed by atoms with Crippen LogP contribution in [0.5, 0.6) is 5.75 Å². The van der Waals surface area contributed by atoms with E-state index in [4.69, 9.17) is 14.1 Å². The van der Waals surface area contributed by atoms with E-state index in [1.165, 1.54) is 5.56 Å². The molecule has 1 aromatic heterocycles. The molecule has 1 heterocycles. The Bertz CT molecular complexity index is 970. The van der Waals surface area contributed by atoms with E-state index in [0.29, 0.717) is 6.61 Å².